The number of aromatic nitrogens is 1. The van der Waals surface area contributed by atoms with Crippen LogP contribution >= 0.6 is 0 Å². The van der Waals surface area contributed by atoms with Gasteiger partial charge in [-0.15, -0.1) is 0 Å². The van der Waals surface area contributed by atoms with Gasteiger partial charge in [0.15, 0.2) is 0 Å². The molecule has 0 aliphatic heterocycles. The molecule has 0 saturated heterocycles. The smallest absolute Gasteiger partial charge is 0.213 e. The van der Waals surface area contributed by atoms with Crippen molar-refractivity contribution in [2.75, 3.05) is 0 Å². The SMILES string of the molecule is Cc1cccc(C)c1-c1cccc(COc2ccc3c(n2)CCC3O)c1. The number of hydrogen-bond donors (Lipinski definition) is 1. The molecule has 0 bridgehead atoms. The number of pyridine rings is 1. The second kappa shape index (κ2) is 6.93. The fraction of sp³-hybridized carbons (Fsp3) is 0.261. The number of hydrogen-bond acceptors (Lipinski definition) is 3. The van der Waals surface area contributed by atoms with Crippen molar-refractivity contribution < 1.29 is 9.84 Å². The molecule has 3 nitrogen and oxygen atoms in total. The van der Waals surface area contributed by atoms with Crippen LogP contribution in [0.1, 0.15) is 40.5 Å². The highest BCUT2D eigenvalue weighted by Crippen LogP contribution is 2.31. The Morgan fingerprint density at radius 3 is 2.62 bits per heavy atom. The van der Waals surface area contributed by atoms with E-state index in [9.17, 15) is 5.11 Å². The molecule has 3 aromatic rings. The maximum atomic E-state index is 9.88. The van der Waals surface area contributed by atoms with E-state index in [1.807, 2.05) is 12.1 Å². The van der Waals surface area contributed by atoms with Gasteiger partial charge in [0, 0.05) is 11.6 Å². The summed E-state index contributed by atoms with van der Waals surface area (Å²) in [6.07, 6.45) is 1.19. The van der Waals surface area contributed by atoms with E-state index in [1.165, 1.54) is 22.3 Å². The molecule has 132 valence electrons. The van der Waals surface area contributed by atoms with Crippen molar-refractivity contribution >= 4 is 0 Å². The summed E-state index contributed by atoms with van der Waals surface area (Å²) < 4.78 is 5.91. The zero-order valence-corrected chi connectivity index (χ0v) is 15.2. The molecule has 3 heteroatoms. The van der Waals surface area contributed by atoms with E-state index < -0.39 is 0 Å². The summed E-state index contributed by atoms with van der Waals surface area (Å²) in [5, 5.41) is 9.88. The molecule has 0 spiro atoms. The highest BCUT2D eigenvalue weighted by atomic mass is 16.5. The largest absolute Gasteiger partial charge is 0.473 e. The van der Waals surface area contributed by atoms with Crippen molar-refractivity contribution in [1.82, 2.24) is 4.98 Å². The molecular formula is C23H23NO2. The number of aliphatic hydroxyl groups excluding tert-OH is 1. The molecule has 1 atom stereocenters. The van der Waals surface area contributed by atoms with Crippen LogP contribution in [-0.2, 0) is 13.0 Å². The van der Waals surface area contributed by atoms with E-state index in [-0.39, 0.29) is 6.10 Å². The Labute approximate surface area is 154 Å². The predicted octanol–water partition coefficient (Wildman–Crippen LogP) is 4.92. The van der Waals surface area contributed by atoms with E-state index in [1.54, 1.807) is 0 Å². The van der Waals surface area contributed by atoms with Crippen LogP contribution in [-0.4, -0.2) is 10.1 Å². The summed E-state index contributed by atoms with van der Waals surface area (Å²) in [5.74, 6) is 0.621. The molecule has 1 heterocycles. The van der Waals surface area contributed by atoms with Gasteiger partial charge in [-0.1, -0.05) is 36.4 Å². The second-order valence-corrected chi connectivity index (χ2v) is 7.00. The lowest BCUT2D eigenvalue weighted by Crippen LogP contribution is -2.00. The van der Waals surface area contributed by atoms with E-state index in [2.05, 4.69) is 61.3 Å². The third-order valence-corrected chi connectivity index (χ3v) is 5.08. The number of fused-ring (bicyclic) bond motifs is 1. The lowest BCUT2D eigenvalue weighted by atomic mass is 9.95. The number of rotatable bonds is 4. The minimum atomic E-state index is -0.374. The molecule has 1 aliphatic rings. The minimum absolute atomic E-state index is 0.374. The first kappa shape index (κ1) is 16.8. The summed E-state index contributed by atoms with van der Waals surface area (Å²) in [6.45, 7) is 4.77. The Balaban J connectivity index is 1.53. The number of nitrogens with zero attached hydrogens (tertiary/aromatic N) is 1. The van der Waals surface area contributed by atoms with E-state index >= 15 is 0 Å². The van der Waals surface area contributed by atoms with Crippen LogP contribution in [0.4, 0.5) is 0 Å². The van der Waals surface area contributed by atoms with Crippen LogP contribution in [0.25, 0.3) is 11.1 Å². The van der Waals surface area contributed by atoms with Gasteiger partial charge in [0.2, 0.25) is 5.88 Å². The van der Waals surface area contributed by atoms with Crippen LogP contribution in [0.2, 0.25) is 0 Å². The van der Waals surface area contributed by atoms with Gasteiger partial charge in [-0.3, -0.25) is 0 Å². The summed E-state index contributed by atoms with van der Waals surface area (Å²) in [7, 11) is 0. The molecule has 4 rings (SSSR count). The van der Waals surface area contributed by atoms with Crippen LogP contribution in [0.5, 0.6) is 5.88 Å². The average molecular weight is 345 g/mol. The highest BCUT2D eigenvalue weighted by Gasteiger charge is 2.21. The molecule has 1 N–H and O–H groups in total. The van der Waals surface area contributed by atoms with Gasteiger partial charge in [0.05, 0.1) is 11.8 Å². The Bertz CT molecular complexity index is 928. The number of benzene rings is 2. The van der Waals surface area contributed by atoms with Gasteiger partial charge in [-0.2, -0.15) is 0 Å². The van der Waals surface area contributed by atoms with Gasteiger partial charge in [-0.05, 0) is 66.6 Å². The quantitative estimate of drug-likeness (QED) is 0.729. The third kappa shape index (κ3) is 3.23. The van der Waals surface area contributed by atoms with Crippen LogP contribution in [0, 0.1) is 13.8 Å². The van der Waals surface area contributed by atoms with Gasteiger partial charge >= 0.3 is 0 Å². The van der Waals surface area contributed by atoms with Crippen molar-refractivity contribution in [3.05, 3.63) is 82.5 Å². The molecule has 0 amide bonds. The maximum absolute atomic E-state index is 9.88. The van der Waals surface area contributed by atoms with E-state index in [4.69, 9.17) is 4.74 Å². The van der Waals surface area contributed by atoms with Crippen molar-refractivity contribution in [3.63, 3.8) is 0 Å². The standard InChI is InChI=1S/C23H23NO2/c1-15-5-3-6-16(2)23(15)18-8-4-7-17(13-18)14-26-22-12-9-19-20(24-22)10-11-21(19)25/h3-9,12-13,21,25H,10-11,14H2,1-2H3. The molecule has 0 radical (unpaired) electrons. The average Bonchev–Trinajstić information content (AvgIpc) is 3.01. The topological polar surface area (TPSA) is 42.4 Å². The molecular weight excluding hydrogens is 322 g/mol. The van der Waals surface area contributed by atoms with Gasteiger partial charge in [0.25, 0.3) is 0 Å². The van der Waals surface area contributed by atoms with Crippen molar-refractivity contribution in [2.24, 2.45) is 0 Å². The van der Waals surface area contributed by atoms with Crippen molar-refractivity contribution in [1.29, 1.82) is 0 Å². The summed E-state index contributed by atoms with van der Waals surface area (Å²) in [6, 6.07) is 18.7. The van der Waals surface area contributed by atoms with Gasteiger partial charge in [0.1, 0.15) is 6.61 Å². The molecule has 1 unspecified atom stereocenters. The molecule has 0 saturated carbocycles. The Hall–Kier alpha value is -2.65. The highest BCUT2D eigenvalue weighted by molar-refractivity contribution is 5.71. The normalized spacial score (nSPS) is 15.7. The van der Waals surface area contributed by atoms with E-state index in [0.29, 0.717) is 12.5 Å². The summed E-state index contributed by atoms with van der Waals surface area (Å²) >= 11 is 0. The Kier molecular flexibility index (Phi) is 4.48. The second-order valence-electron chi connectivity index (χ2n) is 7.00. The summed E-state index contributed by atoms with van der Waals surface area (Å²) in [5.41, 5.74) is 8.08. The van der Waals surface area contributed by atoms with E-state index in [0.717, 1.165) is 29.7 Å². The van der Waals surface area contributed by atoms with Crippen LogP contribution in [0.3, 0.4) is 0 Å². The van der Waals surface area contributed by atoms with Crippen molar-refractivity contribution in [2.45, 2.75) is 39.4 Å². The van der Waals surface area contributed by atoms with Gasteiger partial charge < -0.3 is 9.84 Å². The van der Waals surface area contributed by atoms with Crippen molar-refractivity contribution in [3.8, 4) is 17.0 Å². The fourth-order valence-electron chi connectivity index (χ4n) is 3.75. The number of aryl methyl sites for hydroxylation is 3. The number of aliphatic hydroxyl groups is 1. The minimum Gasteiger partial charge on any atom is -0.473 e. The lowest BCUT2D eigenvalue weighted by Gasteiger charge is -2.12. The van der Waals surface area contributed by atoms with Crippen LogP contribution < -0.4 is 4.74 Å². The Morgan fingerprint density at radius 2 is 1.81 bits per heavy atom. The first-order valence-corrected chi connectivity index (χ1v) is 9.08. The third-order valence-electron chi connectivity index (χ3n) is 5.08. The lowest BCUT2D eigenvalue weighted by molar-refractivity contribution is 0.180. The monoisotopic (exact) mass is 345 g/mol. The zero-order chi connectivity index (χ0) is 18.1. The van der Waals surface area contributed by atoms with Gasteiger partial charge in [-0.25, -0.2) is 4.98 Å². The first-order valence-electron chi connectivity index (χ1n) is 9.08. The maximum Gasteiger partial charge on any atom is 0.213 e. The fourth-order valence-corrected chi connectivity index (χ4v) is 3.75. The van der Waals surface area contributed by atoms with Crippen LogP contribution in [0.15, 0.2) is 54.6 Å². The predicted molar refractivity (Wildman–Crippen MR) is 103 cm³/mol. The molecule has 26 heavy (non-hydrogen) atoms. The molecule has 2 aromatic carbocycles. The molecule has 1 aromatic heterocycles. The molecule has 0 fully saturated rings. The zero-order valence-electron chi connectivity index (χ0n) is 15.2. The molecule has 1 aliphatic carbocycles. The first-order chi connectivity index (χ1) is 12.6. The summed E-state index contributed by atoms with van der Waals surface area (Å²) in [4.78, 5) is 4.55. The Morgan fingerprint density at radius 1 is 1.04 bits per heavy atom. The number of ether oxygens (including phenoxy) is 1.